The summed E-state index contributed by atoms with van der Waals surface area (Å²) in [5.74, 6) is -0.569. The molecule has 0 radical (unpaired) electrons. The van der Waals surface area contributed by atoms with Crippen LogP contribution in [0.15, 0.2) is 0 Å². The highest BCUT2D eigenvalue weighted by atomic mass is 31.2. The van der Waals surface area contributed by atoms with Gasteiger partial charge in [-0.15, -0.1) is 0 Å². The molecule has 0 spiro atoms. The average Bonchev–Trinajstić information content (AvgIpc) is 0.922. The van der Waals surface area contributed by atoms with Crippen LogP contribution < -0.4 is 0 Å². The third kappa shape index (κ3) is 74.3. The minimum Gasteiger partial charge on any atom is -0.462 e. The molecule has 0 aliphatic carbocycles. The molecule has 0 saturated heterocycles. The highest BCUT2D eigenvalue weighted by molar-refractivity contribution is 7.47. The predicted molar refractivity (Wildman–Crippen MR) is 409 cm³/mol. The first kappa shape index (κ1) is 98.1. The van der Waals surface area contributed by atoms with Gasteiger partial charge in [-0.25, -0.2) is 9.13 Å². The second-order valence-electron chi connectivity index (χ2n) is 30.1. The maximum absolute atomic E-state index is 13.1. The highest BCUT2D eigenvalue weighted by Gasteiger charge is 2.30. The molecular weight excluding hydrogens is 1310 g/mol. The molecule has 100 heavy (non-hydrogen) atoms. The van der Waals surface area contributed by atoms with Crippen LogP contribution in [0.2, 0.25) is 0 Å². The van der Waals surface area contributed by atoms with E-state index >= 15 is 0 Å². The fourth-order valence-corrected chi connectivity index (χ4v) is 14.1. The van der Waals surface area contributed by atoms with E-state index in [-0.39, 0.29) is 25.7 Å². The number of esters is 4. The molecule has 0 saturated carbocycles. The highest BCUT2D eigenvalue weighted by Crippen LogP contribution is 2.45. The zero-order valence-electron chi connectivity index (χ0n) is 65.5. The van der Waals surface area contributed by atoms with Gasteiger partial charge in [0.05, 0.1) is 26.4 Å². The Kier molecular flexibility index (Phi) is 71.2. The largest absolute Gasteiger partial charge is 0.472 e. The Morgan fingerprint density at radius 3 is 0.680 bits per heavy atom. The maximum Gasteiger partial charge on any atom is 0.472 e. The maximum atomic E-state index is 13.1. The van der Waals surface area contributed by atoms with Crippen molar-refractivity contribution in [3.8, 4) is 0 Å². The van der Waals surface area contributed by atoms with Crippen LogP contribution in [0, 0.1) is 11.8 Å². The summed E-state index contributed by atoms with van der Waals surface area (Å²) in [6.07, 6.45) is 62.6. The number of unbranched alkanes of at least 4 members (excludes halogenated alkanes) is 50. The Hall–Kier alpha value is -1.94. The number of carbonyl (C=O) groups is 4. The number of aliphatic hydroxyl groups is 1. The van der Waals surface area contributed by atoms with E-state index in [9.17, 15) is 43.2 Å². The summed E-state index contributed by atoms with van der Waals surface area (Å²) in [4.78, 5) is 72.9. The van der Waals surface area contributed by atoms with Crippen molar-refractivity contribution in [3.05, 3.63) is 0 Å². The zero-order chi connectivity index (χ0) is 73.5. The lowest BCUT2D eigenvalue weighted by atomic mass is 10.0. The molecule has 0 aromatic heterocycles. The summed E-state index contributed by atoms with van der Waals surface area (Å²) in [7, 11) is -9.92. The lowest BCUT2D eigenvalue weighted by Crippen LogP contribution is -2.30. The normalized spacial score (nSPS) is 13.9. The average molecular weight is 1470 g/mol. The molecule has 0 amide bonds. The smallest absolute Gasteiger partial charge is 0.462 e. The summed E-state index contributed by atoms with van der Waals surface area (Å²) < 4.78 is 68.6. The summed E-state index contributed by atoms with van der Waals surface area (Å²) >= 11 is 0. The topological polar surface area (TPSA) is 237 Å². The molecule has 19 heteroatoms. The number of ether oxygens (including phenoxy) is 4. The third-order valence-electron chi connectivity index (χ3n) is 19.0. The number of phosphoric acid groups is 2. The molecule has 0 aromatic carbocycles. The number of phosphoric ester groups is 2. The lowest BCUT2D eigenvalue weighted by molar-refractivity contribution is -0.161. The van der Waals surface area contributed by atoms with Crippen LogP contribution in [-0.4, -0.2) is 96.7 Å². The first-order valence-electron chi connectivity index (χ1n) is 42.0. The van der Waals surface area contributed by atoms with Crippen LogP contribution in [0.5, 0.6) is 0 Å². The van der Waals surface area contributed by atoms with Gasteiger partial charge in [0.25, 0.3) is 0 Å². The van der Waals surface area contributed by atoms with Crippen molar-refractivity contribution in [3.63, 3.8) is 0 Å². The Morgan fingerprint density at radius 1 is 0.270 bits per heavy atom. The van der Waals surface area contributed by atoms with E-state index in [4.69, 9.17) is 37.0 Å². The minimum absolute atomic E-state index is 0.106. The standard InChI is InChI=1S/C81H158O17P2/c1-7-9-11-13-15-17-18-19-20-21-22-23-24-25-28-32-35-41-47-53-59-65-80(85)97-77(70-92-79(84)64-58-52-46-40-34-31-29-26-27-30-33-38-43-49-55-61-73(3)4)72-96-100(89,90)94-68-75(82)67-93-99(87,88)95-71-76(69-91-78(83)63-57-51-45-37-16-14-12-10-8-2)98-81(86)66-60-54-48-42-36-39-44-50-56-62-74(5)6/h73-77,82H,7-72H2,1-6H3,(H,87,88)(H,89,90)/t75-,76+,77+/m0/s1. The Balaban J connectivity index is 5.20. The van der Waals surface area contributed by atoms with E-state index in [1.807, 2.05) is 0 Å². The van der Waals surface area contributed by atoms with Crippen LogP contribution >= 0.6 is 15.6 Å². The molecule has 0 heterocycles. The van der Waals surface area contributed by atoms with E-state index in [0.717, 1.165) is 102 Å². The van der Waals surface area contributed by atoms with Gasteiger partial charge in [0, 0.05) is 25.7 Å². The molecule has 0 bridgehead atoms. The number of hydrogen-bond acceptors (Lipinski definition) is 15. The first-order valence-corrected chi connectivity index (χ1v) is 45.0. The second kappa shape index (κ2) is 72.6. The SMILES string of the molecule is CCCCCCCCCCCCCCCCCCCCCCCC(=O)O[C@H](COC(=O)CCCCCCCCCCCCCCCCCC(C)C)COP(=O)(O)OC[C@@H](O)COP(=O)(O)OC[C@@H](COC(=O)CCCCCCCCCCC)OC(=O)CCCCCCCCCCCC(C)C. The summed E-state index contributed by atoms with van der Waals surface area (Å²) in [6, 6.07) is 0. The van der Waals surface area contributed by atoms with Crippen molar-refractivity contribution in [2.45, 2.75) is 445 Å². The van der Waals surface area contributed by atoms with Gasteiger partial charge >= 0.3 is 39.5 Å². The van der Waals surface area contributed by atoms with Crippen LogP contribution in [-0.2, 0) is 65.4 Å². The van der Waals surface area contributed by atoms with E-state index in [1.54, 1.807) is 0 Å². The Bertz CT molecular complexity index is 1920. The van der Waals surface area contributed by atoms with Gasteiger partial charge < -0.3 is 33.8 Å². The van der Waals surface area contributed by atoms with Crippen molar-refractivity contribution in [1.82, 2.24) is 0 Å². The molecule has 3 N–H and O–H groups in total. The Morgan fingerprint density at radius 2 is 0.460 bits per heavy atom. The van der Waals surface area contributed by atoms with Crippen molar-refractivity contribution < 1.29 is 80.2 Å². The fraction of sp³-hybridized carbons (Fsp3) is 0.951. The van der Waals surface area contributed by atoms with Gasteiger partial charge in [-0.05, 0) is 37.5 Å². The number of hydrogen-bond donors (Lipinski definition) is 3. The predicted octanol–water partition coefficient (Wildman–Crippen LogP) is 24.3. The molecule has 2 unspecified atom stereocenters. The van der Waals surface area contributed by atoms with Gasteiger partial charge in [0.15, 0.2) is 12.2 Å². The zero-order valence-corrected chi connectivity index (χ0v) is 67.3. The minimum atomic E-state index is -4.96. The van der Waals surface area contributed by atoms with Crippen molar-refractivity contribution in [2.75, 3.05) is 39.6 Å². The number of rotatable bonds is 80. The van der Waals surface area contributed by atoms with E-state index in [1.165, 1.54) is 244 Å². The number of carbonyl (C=O) groups excluding carboxylic acids is 4. The molecule has 594 valence electrons. The molecule has 0 aliphatic rings. The van der Waals surface area contributed by atoms with E-state index in [2.05, 4.69) is 41.5 Å². The lowest BCUT2D eigenvalue weighted by Gasteiger charge is -2.21. The third-order valence-corrected chi connectivity index (χ3v) is 20.9. The molecular formula is C81H158O17P2. The van der Waals surface area contributed by atoms with Gasteiger partial charge in [0.1, 0.15) is 19.3 Å². The molecule has 0 aromatic rings. The molecule has 0 fully saturated rings. The van der Waals surface area contributed by atoms with Gasteiger partial charge in [-0.3, -0.25) is 37.3 Å². The number of aliphatic hydroxyl groups excluding tert-OH is 1. The summed E-state index contributed by atoms with van der Waals surface area (Å²) in [5, 5.41) is 10.6. The second-order valence-corrected chi connectivity index (χ2v) is 33.0. The summed E-state index contributed by atoms with van der Waals surface area (Å²) in [6.45, 7) is 9.62. The van der Waals surface area contributed by atoms with E-state index < -0.39 is 97.5 Å². The van der Waals surface area contributed by atoms with Crippen LogP contribution in [0.1, 0.15) is 427 Å². The van der Waals surface area contributed by atoms with Crippen LogP contribution in [0.25, 0.3) is 0 Å². The molecule has 0 aliphatic heterocycles. The van der Waals surface area contributed by atoms with Crippen LogP contribution in [0.3, 0.4) is 0 Å². The van der Waals surface area contributed by atoms with Crippen LogP contribution in [0.4, 0.5) is 0 Å². The van der Waals surface area contributed by atoms with Crippen molar-refractivity contribution in [2.24, 2.45) is 11.8 Å². The Labute approximate surface area is 613 Å². The summed E-state index contributed by atoms with van der Waals surface area (Å²) in [5.41, 5.74) is 0. The molecule has 5 atom stereocenters. The van der Waals surface area contributed by atoms with Gasteiger partial charge in [0.2, 0.25) is 0 Å². The quantitative estimate of drug-likeness (QED) is 0.0222. The molecule has 0 rings (SSSR count). The monoisotopic (exact) mass is 1470 g/mol. The molecule has 17 nitrogen and oxygen atoms in total. The fourth-order valence-electron chi connectivity index (χ4n) is 12.5. The van der Waals surface area contributed by atoms with E-state index in [0.29, 0.717) is 25.7 Å². The van der Waals surface area contributed by atoms with Crippen molar-refractivity contribution >= 4 is 39.5 Å². The van der Waals surface area contributed by atoms with Gasteiger partial charge in [-0.2, -0.15) is 0 Å². The van der Waals surface area contributed by atoms with Gasteiger partial charge in [-0.1, -0.05) is 375 Å². The first-order chi connectivity index (χ1) is 48.4. The van der Waals surface area contributed by atoms with Crippen molar-refractivity contribution in [1.29, 1.82) is 0 Å².